The summed E-state index contributed by atoms with van der Waals surface area (Å²) in [4.78, 5) is 0. The Balaban J connectivity index is -0.0000000800. The first-order chi connectivity index (χ1) is 2.00. The van der Waals surface area contributed by atoms with Crippen LogP contribution in [0.2, 0.25) is 0 Å². The van der Waals surface area contributed by atoms with Crippen LogP contribution < -0.4 is 6.15 Å². The quantitative estimate of drug-likeness (QED) is 0.458. The molecule has 0 aromatic carbocycles. The summed E-state index contributed by atoms with van der Waals surface area (Å²) in [6.07, 6.45) is 0. The molecular weight excluding hydrogens is 305 g/mol. The van der Waals surface area contributed by atoms with Crippen molar-refractivity contribution in [3.63, 3.8) is 0 Å². The standard InChI is InChI=1S/H3N.H2O4S.Pt/c;1-5(2,3)4;/h1H3;(H2,1,2,3,4);/q;;+1/p-1. The van der Waals surface area contributed by atoms with E-state index in [1.807, 2.05) is 0 Å². The van der Waals surface area contributed by atoms with Gasteiger partial charge in [-0.1, -0.05) is 0 Å². The zero-order chi connectivity index (χ0) is 4.50. The minimum Gasteiger partial charge on any atom is -0.759 e. The molecule has 7 heteroatoms. The van der Waals surface area contributed by atoms with Crippen LogP contribution in [0.5, 0.6) is 0 Å². The Hall–Kier alpha value is 0.518. The summed E-state index contributed by atoms with van der Waals surface area (Å²) in [5.41, 5.74) is 0. The number of quaternary nitrogens is 1. The molecule has 0 fully saturated rings. The van der Waals surface area contributed by atoms with Crippen molar-refractivity contribution in [2.75, 3.05) is 0 Å². The predicted octanol–water partition coefficient (Wildman–Crippen LogP) is -0.964. The van der Waals surface area contributed by atoms with Gasteiger partial charge < -0.3 is 15.3 Å². The Bertz CT molecular complexity index is 94.9. The van der Waals surface area contributed by atoms with E-state index in [0.717, 1.165) is 0 Å². The molecule has 0 unspecified atom stereocenters. The second-order valence-corrected chi connectivity index (χ2v) is 1.22. The molecule has 5 nitrogen and oxygen atoms in total. The van der Waals surface area contributed by atoms with E-state index in [1.54, 1.807) is 0 Å². The van der Waals surface area contributed by atoms with Gasteiger partial charge in [0.25, 0.3) is 0 Å². The van der Waals surface area contributed by atoms with E-state index in [0.29, 0.717) is 0 Å². The van der Waals surface area contributed by atoms with Gasteiger partial charge >= 0.3 is 21.1 Å². The van der Waals surface area contributed by atoms with E-state index in [4.69, 9.17) is 17.5 Å². The van der Waals surface area contributed by atoms with E-state index in [1.165, 1.54) is 0 Å². The summed E-state index contributed by atoms with van der Waals surface area (Å²) in [6.45, 7) is 0. The molecule has 1 radical (unpaired) electrons. The van der Waals surface area contributed by atoms with Crippen LogP contribution in [-0.2, 0) is 31.5 Å². The van der Waals surface area contributed by atoms with Crippen molar-refractivity contribution >= 4 is 10.4 Å². The molecule has 0 amide bonds. The molecule has 0 rings (SSSR count). The summed E-state index contributed by atoms with van der Waals surface area (Å²) in [7, 11) is -5.17. The van der Waals surface area contributed by atoms with Crippen LogP contribution in [-0.4, -0.2) is 17.5 Å². The topological polar surface area (TPSA) is 117 Å². The zero-order valence-corrected chi connectivity index (χ0v) is 6.45. The molecule has 7 heavy (non-hydrogen) atoms. The monoisotopic (exact) mass is 309 g/mol. The fourth-order valence-electron chi connectivity index (χ4n) is 0. The van der Waals surface area contributed by atoms with E-state index in [-0.39, 0.29) is 27.2 Å². The molecule has 0 saturated carbocycles. The van der Waals surface area contributed by atoms with Crippen LogP contribution in [0.25, 0.3) is 0 Å². The molecule has 0 aromatic heterocycles. The van der Waals surface area contributed by atoms with Gasteiger partial charge in [-0.25, -0.2) is 0 Å². The minimum atomic E-state index is -5.17. The second kappa shape index (κ2) is 4.67. The van der Waals surface area contributed by atoms with Gasteiger partial charge in [0, 0.05) is 10.4 Å². The Labute approximate surface area is 55.5 Å². The summed E-state index contributed by atoms with van der Waals surface area (Å²) in [6, 6.07) is 0. The molecule has 0 spiro atoms. The van der Waals surface area contributed by atoms with Crippen molar-refractivity contribution in [3.8, 4) is 0 Å². The van der Waals surface area contributed by atoms with Gasteiger partial charge in [-0.05, 0) is 0 Å². The Morgan fingerprint density at radius 2 is 1.14 bits per heavy atom. The van der Waals surface area contributed by atoms with Crippen LogP contribution in [0.4, 0.5) is 0 Å². The van der Waals surface area contributed by atoms with Gasteiger partial charge in [0.1, 0.15) is 0 Å². The van der Waals surface area contributed by atoms with Crippen molar-refractivity contribution in [1.29, 1.82) is 0 Å². The smallest absolute Gasteiger partial charge is 0.759 e. The largest absolute Gasteiger partial charge is 1.00 e. The first kappa shape index (κ1) is 15.6. The van der Waals surface area contributed by atoms with E-state index in [9.17, 15) is 0 Å². The Kier molecular flexibility index (Phi) is 10.4. The van der Waals surface area contributed by atoms with Crippen molar-refractivity contribution < 1.29 is 38.6 Å². The normalized spacial score (nSPS) is 8.29. The first-order valence-electron chi connectivity index (χ1n) is 0.667. The fraction of sp³-hybridized carbons (Fsp3) is 0. The van der Waals surface area contributed by atoms with Crippen molar-refractivity contribution in [2.24, 2.45) is 0 Å². The second-order valence-electron chi connectivity index (χ2n) is 0.408. The zero-order valence-electron chi connectivity index (χ0n) is 3.36. The van der Waals surface area contributed by atoms with Gasteiger partial charge in [0.2, 0.25) is 0 Å². The first-order valence-corrected chi connectivity index (χ1v) is 2.00. The van der Waals surface area contributed by atoms with Gasteiger partial charge in [-0.3, -0.25) is 8.42 Å². The molecule has 0 saturated heterocycles. The van der Waals surface area contributed by atoms with Crippen molar-refractivity contribution in [1.82, 2.24) is 6.15 Å². The summed E-state index contributed by atoms with van der Waals surface area (Å²) in [5, 5.41) is 0. The van der Waals surface area contributed by atoms with Crippen molar-refractivity contribution in [3.05, 3.63) is 0 Å². The fourth-order valence-corrected chi connectivity index (χ4v) is 0. The molecule has 0 aliphatic carbocycles. The Morgan fingerprint density at radius 3 is 1.14 bits per heavy atom. The third kappa shape index (κ3) is 495. The molecular formula is H4NO4PtS. The molecule has 4 N–H and O–H groups in total. The minimum absolute atomic E-state index is 0. The van der Waals surface area contributed by atoms with E-state index < -0.39 is 10.4 Å². The van der Waals surface area contributed by atoms with Crippen LogP contribution in [0, 0.1) is 0 Å². The van der Waals surface area contributed by atoms with Gasteiger partial charge in [0.05, 0.1) is 0 Å². The molecule has 0 aromatic rings. The maximum Gasteiger partial charge on any atom is 1.00 e. The summed E-state index contributed by atoms with van der Waals surface area (Å²) < 4.78 is 34.1. The van der Waals surface area contributed by atoms with Crippen LogP contribution in [0.3, 0.4) is 0 Å². The third-order valence-corrected chi connectivity index (χ3v) is 0. The van der Waals surface area contributed by atoms with Crippen LogP contribution in [0.1, 0.15) is 0 Å². The molecule has 0 atom stereocenters. The number of rotatable bonds is 0. The number of hydrogen-bond donors (Lipinski definition) is 1. The van der Waals surface area contributed by atoms with Crippen LogP contribution in [0.15, 0.2) is 0 Å². The SMILES string of the molecule is O=S(=O)([O-])[O-].[NH4+].[Pt+]. The van der Waals surface area contributed by atoms with E-state index >= 15 is 0 Å². The summed E-state index contributed by atoms with van der Waals surface area (Å²) >= 11 is 0. The molecule has 0 aliphatic rings. The summed E-state index contributed by atoms with van der Waals surface area (Å²) in [5.74, 6) is 0. The third-order valence-electron chi connectivity index (χ3n) is 0. The molecule has 0 aliphatic heterocycles. The number of hydrogen-bond acceptors (Lipinski definition) is 4. The maximum atomic E-state index is 8.52. The van der Waals surface area contributed by atoms with E-state index in [2.05, 4.69) is 0 Å². The molecule has 0 heterocycles. The average Bonchev–Trinajstić information content (AvgIpc) is 0.722. The predicted molar refractivity (Wildman–Crippen MR) is 16.5 cm³/mol. The van der Waals surface area contributed by atoms with Gasteiger partial charge in [-0.2, -0.15) is 0 Å². The van der Waals surface area contributed by atoms with Crippen molar-refractivity contribution in [2.45, 2.75) is 0 Å². The Morgan fingerprint density at radius 1 is 1.14 bits per heavy atom. The van der Waals surface area contributed by atoms with Gasteiger partial charge in [0.15, 0.2) is 0 Å². The molecule has 49 valence electrons. The molecule has 0 bridgehead atoms. The van der Waals surface area contributed by atoms with Crippen LogP contribution >= 0.6 is 0 Å². The average molecular weight is 309 g/mol. The maximum absolute atomic E-state index is 8.52. The van der Waals surface area contributed by atoms with Gasteiger partial charge in [-0.15, -0.1) is 0 Å².